The van der Waals surface area contributed by atoms with Crippen LogP contribution < -0.4 is 4.72 Å². The molecule has 0 unspecified atom stereocenters. The number of nitrogens with one attached hydrogen (secondary N) is 1. The number of halogens is 2. The second-order valence-corrected chi connectivity index (χ2v) is 7.46. The number of aromatic nitrogens is 3. The molecule has 9 heteroatoms. The Morgan fingerprint density at radius 1 is 1.29 bits per heavy atom. The molecule has 1 aliphatic rings. The van der Waals surface area contributed by atoms with E-state index in [1.54, 1.807) is 25.2 Å². The summed E-state index contributed by atoms with van der Waals surface area (Å²) in [6.45, 7) is 0. The minimum Gasteiger partial charge on any atom is -0.254 e. The molecule has 1 fully saturated rings. The van der Waals surface area contributed by atoms with Gasteiger partial charge in [-0.3, -0.25) is 4.68 Å². The lowest BCUT2D eigenvalue weighted by molar-refractivity contribution is 0.548. The lowest BCUT2D eigenvalue weighted by atomic mass is 10.1. The summed E-state index contributed by atoms with van der Waals surface area (Å²) in [5.41, 5.74) is -0.146. The second kappa shape index (κ2) is 4.95. The second-order valence-electron chi connectivity index (χ2n) is 5.01. The normalized spacial score (nSPS) is 16.9. The molecule has 0 aliphatic heterocycles. The van der Waals surface area contributed by atoms with Gasteiger partial charge in [0.1, 0.15) is 0 Å². The Morgan fingerprint density at radius 3 is 2.38 bits per heavy atom. The van der Waals surface area contributed by atoms with Crippen LogP contribution in [0.3, 0.4) is 0 Å². The molecule has 0 radical (unpaired) electrons. The smallest absolute Gasteiger partial charge is 0.254 e. The quantitative estimate of drug-likeness (QED) is 0.919. The van der Waals surface area contributed by atoms with Crippen LogP contribution in [-0.2, 0) is 22.6 Å². The van der Waals surface area contributed by atoms with Gasteiger partial charge in [-0.15, -0.1) is 5.10 Å². The van der Waals surface area contributed by atoms with Crippen molar-refractivity contribution in [2.75, 3.05) is 0 Å². The van der Waals surface area contributed by atoms with E-state index in [0.29, 0.717) is 28.5 Å². The first-order chi connectivity index (χ1) is 9.84. The highest BCUT2D eigenvalue weighted by molar-refractivity contribution is 7.89. The van der Waals surface area contributed by atoms with Crippen molar-refractivity contribution in [1.82, 2.24) is 19.7 Å². The first-order valence-corrected chi connectivity index (χ1v) is 8.43. The van der Waals surface area contributed by atoms with Crippen molar-refractivity contribution in [2.45, 2.75) is 23.4 Å². The van der Waals surface area contributed by atoms with Crippen LogP contribution in [-0.4, -0.2) is 23.4 Å². The Kier molecular flexibility index (Phi) is 3.48. The molecule has 1 saturated carbocycles. The summed E-state index contributed by atoms with van der Waals surface area (Å²) in [6, 6.07) is 5.11. The minimum absolute atomic E-state index is 0.126. The third-order valence-electron chi connectivity index (χ3n) is 3.38. The molecule has 112 valence electrons. The monoisotopic (exact) mass is 346 g/mol. The Balaban J connectivity index is 1.98. The summed E-state index contributed by atoms with van der Waals surface area (Å²) in [4.78, 5) is 0. The molecule has 21 heavy (non-hydrogen) atoms. The average molecular weight is 347 g/mol. The molecule has 1 aromatic heterocycles. The Labute approximate surface area is 132 Å². The molecule has 1 aromatic carbocycles. The van der Waals surface area contributed by atoms with Gasteiger partial charge in [0.25, 0.3) is 10.0 Å². The molecule has 1 N–H and O–H groups in total. The van der Waals surface area contributed by atoms with Crippen LogP contribution in [0.2, 0.25) is 10.0 Å². The van der Waals surface area contributed by atoms with E-state index in [0.717, 1.165) is 0 Å². The van der Waals surface area contributed by atoms with Crippen LogP contribution in [0.4, 0.5) is 0 Å². The lowest BCUT2D eigenvalue weighted by Crippen LogP contribution is -2.35. The highest BCUT2D eigenvalue weighted by Crippen LogP contribution is 2.51. The van der Waals surface area contributed by atoms with Crippen LogP contribution in [0.1, 0.15) is 18.4 Å². The molecule has 2 aromatic rings. The van der Waals surface area contributed by atoms with E-state index >= 15 is 0 Å². The van der Waals surface area contributed by atoms with Crippen molar-refractivity contribution < 1.29 is 8.42 Å². The molecule has 3 rings (SSSR count). The highest BCUT2D eigenvalue weighted by atomic mass is 35.5. The van der Waals surface area contributed by atoms with E-state index in [2.05, 4.69) is 15.0 Å². The maximum Gasteiger partial charge on any atom is 0.262 e. The van der Waals surface area contributed by atoms with E-state index in [-0.39, 0.29) is 5.03 Å². The number of hydrogen-bond acceptors (Lipinski definition) is 4. The van der Waals surface area contributed by atoms with E-state index in [1.807, 2.05) is 0 Å². The molecular weight excluding hydrogens is 335 g/mol. The predicted octanol–water partition coefficient (Wildman–Crippen LogP) is 2.09. The molecule has 0 amide bonds. The van der Waals surface area contributed by atoms with Crippen molar-refractivity contribution in [2.24, 2.45) is 7.05 Å². The number of sulfonamides is 1. The summed E-state index contributed by atoms with van der Waals surface area (Å²) in [7, 11) is -2.18. The fourth-order valence-electron chi connectivity index (χ4n) is 2.24. The van der Waals surface area contributed by atoms with E-state index in [1.165, 1.54) is 10.9 Å². The maximum absolute atomic E-state index is 12.4. The van der Waals surface area contributed by atoms with Gasteiger partial charge in [-0.25, -0.2) is 8.42 Å². The molecular formula is C12H12Cl2N4O2S. The van der Waals surface area contributed by atoms with Crippen LogP contribution >= 0.6 is 23.2 Å². The largest absolute Gasteiger partial charge is 0.262 e. The van der Waals surface area contributed by atoms with Gasteiger partial charge in [-0.2, -0.15) is 4.72 Å². The summed E-state index contributed by atoms with van der Waals surface area (Å²) in [6.07, 6.45) is 2.61. The van der Waals surface area contributed by atoms with Gasteiger partial charge in [-0.1, -0.05) is 34.5 Å². The Morgan fingerprint density at radius 2 is 1.90 bits per heavy atom. The number of nitrogens with zero attached hydrogens (tertiary/aromatic N) is 3. The van der Waals surface area contributed by atoms with Crippen molar-refractivity contribution in [3.63, 3.8) is 0 Å². The topological polar surface area (TPSA) is 76.9 Å². The minimum atomic E-state index is -3.78. The lowest BCUT2D eigenvalue weighted by Gasteiger charge is -2.19. The van der Waals surface area contributed by atoms with Crippen molar-refractivity contribution >= 4 is 33.2 Å². The molecule has 0 bridgehead atoms. The predicted molar refractivity (Wildman–Crippen MR) is 78.7 cm³/mol. The summed E-state index contributed by atoms with van der Waals surface area (Å²) >= 11 is 12.4. The van der Waals surface area contributed by atoms with Crippen LogP contribution in [0, 0.1) is 0 Å². The Bertz CT molecular complexity index is 779. The molecule has 0 atom stereocenters. The van der Waals surface area contributed by atoms with E-state index < -0.39 is 15.6 Å². The van der Waals surface area contributed by atoms with Crippen LogP contribution in [0.15, 0.2) is 29.4 Å². The highest BCUT2D eigenvalue weighted by Gasteiger charge is 2.50. The first kappa shape index (κ1) is 14.8. The fourth-order valence-corrected chi connectivity index (χ4v) is 4.36. The summed E-state index contributed by atoms with van der Waals surface area (Å²) in [5, 5.41) is 8.04. The molecule has 0 spiro atoms. The SMILES string of the molecule is Cn1cc(S(=O)(=O)NC2(c3c(Cl)cccc3Cl)CC2)nn1. The third kappa shape index (κ3) is 2.66. The zero-order chi connectivity index (χ0) is 15.3. The number of benzene rings is 1. The van der Waals surface area contributed by atoms with Crippen LogP contribution in [0.25, 0.3) is 0 Å². The van der Waals surface area contributed by atoms with Crippen molar-refractivity contribution in [3.05, 3.63) is 40.0 Å². The van der Waals surface area contributed by atoms with Gasteiger partial charge >= 0.3 is 0 Å². The molecule has 1 heterocycles. The molecule has 6 nitrogen and oxygen atoms in total. The molecule has 0 saturated heterocycles. The van der Waals surface area contributed by atoms with Gasteiger partial charge in [0, 0.05) is 22.7 Å². The number of aryl methyl sites for hydroxylation is 1. The zero-order valence-corrected chi connectivity index (χ0v) is 13.4. The van der Waals surface area contributed by atoms with Crippen molar-refractivity contribution in [3.8, 4) is 0 Å². The summed E-state index contributed by atoms with van der Waals surface area (Å²) in [5.74, 6) is 0. The van der Waals surface area contributed by atoms with E-state index in [9.17, 15) is 8.42 Å². The zero-order valence-electron chi connectivity index (χ0n) is 11.0. The van der Waals surface area contributed by atoms with Gasteiger partial charge in [-0.05, 0) is 25.0 Å². The van der Waals surface area contributed by atoms with Gasteiger partial charge < -0.3 is 0 Å². The summed E-state index contributed by atoms with van der Waals surface area (Å²) < 4.78 is 28.8. The van der Waals surface area contributed by atoms with Crippen molar-refractivity contribution in [1.29, 1.82) is 0 Å². The maximum atomic E-state index is 12.4. The molecule has 1 aliphatic carbocycles. The van der Waals surface area contributed by atoms with E-state index in [4.69, 9.17) is 23.2 Å². The van der Waals surface area contributed by atoms with Gasteiger partial charge in [0.05, 0.1) is 11.7 Å². The first-order valence-electron chi connectivity index (χ1n) is 6.19. The standard InChI is InChI=1S/C12H12Cl2N4O2S/c1-18-7-10(15-17-18)21(19,20)16-12(5-6-12)11-8(13)3-2-4-9(11)14/h2-4,7,16H,5-6H2,1H3. The Hall–Kier alpha value is -1.15. The van der Waals surface area contributed by atoms with Crippen LogP contribution in [0.5, 0.6) is 0 Å². The fraction of sp³-hybridized carbons (Fsp3) is 0.333. The van der Waals surface area contributed by atoms with Gasteiger partial charge in [0.2, 0.25) is 5.03 Å². The number of hydrogen-bond donors (Lipinski definition) is 1. The average Bonchev–Trinajstić information content (AvgIpc) is 2.98. The number of rotatable bonds is 4. The third-order valence-corrected chi connectivity index (χ3v) is 5.41. The van der Waals surface area contributed by atoms with Gasteiger partial charge in [0.15, 0.2) is 0 Å².